The number of aliphatic carboxylic acids is 1. The number of methoxy groups -OCH3 is 1. The Morgan fingerprint density at radius 3 is 2.84 bits per heavy atom. The van der Waals surface area contributed by atoms with Crippen LogP contribution in [-0.4, -0.2) is 36.7 Å². The van der Waals surface area contributed by atoms with Crippen molar-refractivity contribution in [1.82, 2.24) is 5.32 Å². The predicted molar refractivity (Wildman–Crippen MR) is 69.9 cm³/mol. The largest absolute Gasteiger partial charge is 0.497 e. The van der Waals surface area contributed by atoms with Crippen molar-refractivity contribution >= 4 is 11.9 Å². The lowest BCUT2D eigenvalue weighted by atomic mass is 10.1. The van der Waals surface area contributed by atoms with Gasteiger partial charge in [0.25, 0.3) is 0 Å². The maximum Gasteiger partial charge on any atom is 0.321 e. The highest BCUT2D eigenvalue weighted by atomic mass is 16.5. The molecule has 6 heteroatoms. The highest BCUT2D eigenvalue weighted by molar-refractivity contribution is 5.84. The molecule has 0 aliphatic rings. The van der Waals surface area contributed by atoms with Crippen molar-refractivity contribution in [3.05, 3.63) is 29.8 Å². The molecule has 0 aromatic heterocycles. The Kier molecular flexibility index (Phi) is 5.81. The number of nitrogens with two attached hydrogens (primary N) is 1. The van der Waals surface area contributed by atoms with Crippen molar-refractivity contribution < 1.29 is 19.4 Å². The van der Waals surface area contributed by atoms with Gasteiger partial charge >= 0.3 is 5.97 Å². The highest BCUT2D eigenvalue weighted by Gasteiger charge is 2.15. The van der Waals surface area contributed by atoms with Crippen LogP contribution in [0.2, 0.25) is 0 Å². The van der Waals surface area contributed by atoms with E-state index < -0.39 is 12.0 Å². The van der Waals surface area contributed by atoms with Crippen LogP contribution in [0, 0.1) is 0 Å². The third-order valence-electron chi connectivity index (χ3n) is 2.59. The van der Waals surface area contributed by atoms with Gasteiger partial charge in [0.2, 0.25) is 5.91 Å². The fraction of sp³-hybridized carbons (Fsp3) is 0.385. The van der Waals surface area contributed by atoms with Gasteiger partial charge in [-0.1, -0.05) is 12.1 Å². The van der Waals surface area contributed by atoms with Gasteiger partial charge in [-0.3, -0.25) is 9.59 Å². The molecule has 0 spiro atoms. The molecule has 6 nitrogen and oxygen atoms in total. The summed E-state index contributed by atoms with van der Waals surface area (Å²) in [5.41, 5.74) is 6.29. The first kappa shape index (κ1) is 15.0. The van der Waals surface area contributed by atoms with E-state index in [4.69, 9.17) is 15.6 Å². The topological polar surface area (TPSA) is 102 Å². The number of carbonyl (C=O) groups excluding carboxylic acids is 1. The monoisotopic (exact) mass is 266 g/mol. The van der Waals surface area contributed by atoms with Crippen molar-refractivity contribution in [3.63, 3.8) is 0 Å². The van der Waals surface area contributed by atoms with Crippen LogP contribution in [0.3, 0.4) is 0 Å². The van der Waals surface area contributed by atoms with E-state index >= 15 is 0 Å². The maximum atomic E-state index is 11.4. The Morgan fingerprint density at radius 1 is 1.47 bits per heavy atom. The predicted octanol–water partition coefficient (Wildman–Crippen LogP) is 0.156. The standard InChI is InChI=1S/C13H18N2O4/c1-19-10-4-2-3-9(7-10)5-6-15-12(16)8-11(14)13(17)18/h2-4,7,11H,5-6,8,14H2,1H3,(H,15,16)(H,17,18). The zero-order chi connectivity index (χ0) is 14.3. The molecule has 1 aromatic carbocycles. The number of benzene rings is 1. The van der Waals surface area contributed by atoms with Gasteiger partial charge in [0.15, 0.2) is 0 Å². The summed E-state index contributed by atoms with van der Waals surface area (Å²) in [7, 11) is 1.59. The molecule has 0 saturated carbocycles. The van der Waals surface area contributed by atoms with Crippen molar-refractivity contribution in [2.45, 2.75) is 18.9 Å². The number of hydrogen-bond acceptors (Lipinski definition) is 4. The van der Waals surface area contributed by atoms with Gasteiger partial charge in [-0.15, -0.1) is 0 Å². The molecular formula is C13H18N2O4. The van der Waals surface area contributed by atoms with Crippen molar-refractivity contribution in [1.29, 1.82) is 0 Å². The van der Waals surface area contributed by atoms with Crippen LogP contribution in [0.4, 0.5) is 0 Å². The third kappa shape index (κ3) is 5.39. The van der Waals surface area contributed by atoms with Crippen LogP contribution in [-0.2, 0) is 16.0 Å². The second-order valence-electron chi connectivity index (χ2n) is 4.10. The van der Waals surface area contributed by atoms with Crippen molar-refractivity contribution in [3.8, 4) is 5.75 Å². The van der Waals surface area contributed by atoms with Gasteiger partial charge in [-0.2, -0.15) is 0 Å². The average Bonchev–Trinajstić information content (AvgIpc) is 2.38. The molecule has 0 aliphatic carbocycles. The molecule has 104 valence electrons. The van der Waals surface area contributed by atoms with E-state index in [9.17, 15) is 9.59 Å². The van der Waals surface area contributed by atoms with Gasteiger partial charge in [0.05, 0.1) is 13.5 Å². The molecule has 0 fully saturated rings. The molecule has 0 saturated heterocycles. The third-order valence-corrected chi connectivity index (χ3v) is 2.59. The molecule has 1 unspecified atom stereocenters. The van der Waals surface area contributed by atoms with Gasteiger partial charge in [-0.05, 0) is 24.1 Å². The second-order valence-corrected chi connectivity index (χ2v) is 4.10. The number of amides is 1. The van der Waals surface area contributed by atoms with E-state index in [2.05, 4.69) is 5.32 Å². The first-order valence-electron chi connectivity index (χ1n) is 5.91. The fourth-order valence-electron chi connectivity index (χ4n) is 1.53. The van der Waals surface area contributed by atoms with E-state index in [0.717, 1.165) is 11.3 Å². The highest BCUT2D eigenvalue weighted by Crippen LogP contribution is 2.12. The number of ether oxygens (including phenoxy) is 1. The van der Waals surface area contributed by atoms with Crippen LogP contribution in [0.1, 0.15) is 12.0 Å². The molecule has 0 aliphatic heterocycles. The SMILES string of the molecule is COc1cccc(CCNC(=O)CC(N)C(=O)O)c1. The maximum absolute atomic E-state index is 11.4. The van der Waals surface area contributed by atoms with Crippen LogP contribution < -0.4 is 15.8 Å². The normalized spacial score (nSPS) is 11.7. The Labute approximate surface area is 111 Å². The molecule has 0 bridgehead atoms. The number of carboxylic acid groups (broad SMARTS) is 1. The van der Waals surface area contributed by atoms with E-state index in [-0.39, 0.29) is 12.3 Å². The lowest BCUT2D eigenvalue weighted by molar-refractivity contribution is -0.140. The van der Waals surface area contributed by atoms with Crippen molar-refractivity contribution in [2.75, 3.05) is 13.7 Å². The summed E-state index contributed by atoms with van der Waals surface area (Å²) in [4.78, 5) is 21.9. The Hall–Kier alpha value is -2.08. The number of carbonyl (C=O) groups is 2. The summed E-state index contributed by atoms with van der Waals surface area (Å²) >= 11 is 0. The zero-order valence-electron chi connectivity index (χ0n) is 10.8. The fourth-order valence-corrected chi connectivity index (χ4v) is 1.53. The minimum atomic E-state index is -1.18. The number of rotatable bonds is 7. The zero-order valence-corrected chi connectivity index (χ0v) is 10.8. The molecule has 0 radical (unpaired) electrons. The summed E-state index contributed by atoms with van der Waals surface area (Å²) in [6, 6.07) is 6.37. The quantitative estimate of drug-likeness (QED) is 0.652. The van der Waals surface area contributed by atoms with Gasteiger partial charge in [0.1, 0.15) is 11.8 Å². The summed E-state index contributed by atoms with van der Waals surface area (Å²) in [6.07, 6.45) is 0.429. The van der Waals surface area contributed by atoms with Crippen molar-refractivity contribution in [2.24, 2.45) is 5.73 Å². The molecular weight excluding hydrogens is 248 g/mol. The molecule has 19 heavy (non-hydrogen) atoms. The Morgan fingerprint density at radius 2 is 2.21 bits per heavy atom. The molecule has 1 atom stereocenters. The molecule has 0 heterocycles. The Balaban J connectivity index is 2.33. The van der Waals surface area contributed by atoms with Crippen LogP contribution >= 0.6 is 0 Å². The van der Waals surface area contributed by atoms with Gasteiger partial charge < -0.3 is 20.9 Å². The van der Waals surface area contributed by atoms with Gasteiger partial charge in [-0.25, -0.2) is 0 Å². The second kappa shape index (κ2) is 7.38. The number of carboxylic acids is 1. The van der Waals surface area contributed by atoms with Gasteiger partial charge in [0, 0.05) is 6.54 Å². The summed E-state index contributed by atoms with van der Waals surface area (Å²) in [6.45, 7) is 0.429. The first-order valence-corrected chi connectivity index (χ1v) is 5.91. The van der Waals surface area contributed by atoms with E-state index in [0.29, 0.717) is 13.0 Å². The summed E-state index contributed by atoms with van der Waals surface area (Å²) in [5, 5.41) is 11.2. The molecule has 1 aromatic rings. The average molecular weight is 266 g/mol. The summed E-state index contributed by atoms with van der Waals surface area (Å²) < 4.78 is 5.09. The van der Waals surface area contributed by atoms with E-state index in [1.54, 1.807) is 7.11 Å². The van der Waals surface area contributed by atoms with Crippen LogP contribution in [0.15, 0.2) is 24.3 Å². The molecule has 1 amide bonds. The smallest absolute Gasteiger partial charge is 0.321 e. The van der Waals surface area contributed by atoms with E-state index in [1.807, 2.05) is 24.3 Å². The minimum Gasteiger partial charge on any atom is -0.497 e. The Bertz CT molecular complexity index is 448. The molecule has 4 N–H and O–H groups in total. The number of nitrogens with one attached hydrogen (secondary N) is 1. The van der Waals surface area contributed by atoms with Crippen LogP contribution in [0.25, 0.3) is 0 Å². The first-order chi connectivity index (χ1) is 9.02. The van der Waals surface area contributed by atoms with Crippen LogP contribution in [0.5, 0.6) is 5.75 Å². The van der Waals surface area contributed by atoms with E-state index in [1.165, 1.54) is 0 Å². The lowest BCUT2D eigenvalue weighted by Gasteiger charge is -2.08. The number of hydrogen-bond donors (Lipinski definition) is 3. The minimum absolute atomic E-state index is 0.215. The summed E-state index contributed by atoms with van der Waals surface area (Å²) in [5.74, 6) is -0.780. The molecule has 1 rings (SSSR count). The lowest BCUT2D eigenvalue weighted by Crippen LogP contribution is -2.37.